The van der Waals surface area contributed by atoms with Crippen molar-refractivity contribution in [2.75, 3.05) is 0 Å². The highest BCUT2D eigenvalue weighted by molar-refractivity contribution is 5.54. The monoisotopic (exact) mass is 174 g/mol. The van der Waals surface area contributed by atoms with Crippen molar-refractivity contribution in [3.8, 4) is 0 Å². The Labute approximate surface area is 78.5 Å². The number of nitrogens with two attached hydrogens (primary N) is 1. The van der Waals surface area contributed by atoms with Crippen LogP contribution < -0.4 is 5.73 Å². The molecular weight excluding hydrogens is 160 g/mol. The van der Waals surface area contributed by atoms with Crippen molar-refractivity contribution in [1.29, 1.82) is 0 Å². The molecule has 1 aromatic rings. The first-order chi connectivity index (χ1) is 6.31. The number of nitrogens with zero attached hydrogens (tertiary/aromatic N) is 1. The van der Waals surface area contributed by atoms with Crippen molar-refractivity contribution >= 4 is 6.08 Å². The van der Waals surface area contributed by atoms with Gasteiger partial charge in [-0.1, -0.05) is 13.0 Å². The summed E-state index contributed by atoms with van der Waals surface area (Å²) >= 11 is 0. The van der Waals surface area contributed by atoms with Crippen LogP contribution in [-0.4, -0.2) is 4.98 Å². The van der Waals surface area contributed by atoms with Gasteiger partial charge in [-0.05, 0) is 35.6 Å². The number of allylic oxidation sites excluding steroid dienone is 1. The number of hydrogen-bond acceptors (Lipinski definition) is 2. The van der Waals surface area contributed by atoms with Gasteiger partial charge in [0.25, 0.3) is 0 Å². The highest BCUT2D eigenvalue weighted by atomic mass is 14.7. The van der Waals surface area contributed by atoms with E-state index >= 15 is 0 Å². The maximum Gasteiger partial charge on any atom is 0.0661 e. The molecule has 2 nitrogen and oxygen atoms in total. The molecule has 1 heterocycles. The maximum atomic E-state index is 5.67. The van der Waals surface area contributed by atoms with Crippen LogP contribution in [0.25, 0.3) is 6.08 Å². The Bertz CT molecular complexity index is 342. The molecule has 0 bridgehead atoms. The van der Waals surface area contributed by atoms with Crippen LogP contribution in [0.4, 0.5) is 0 Å². The molecule has 0 amide bonds. The molecule has 0 saturated carbocycles. The van der Waals surface area contributed by atoms with E-state index in [9.17, 15) is 0 Å². The molecule has 1 aliphatic rings. The zero-order chi connectivity index (χ0) is 9.26. The van der Waals surface area contributed by atoms with Gasteiger partial charge >= 0.3 is 0 Å². The molecule has 0 radical (unpaired) electrons. The molecule has 0 aromatic carbocycles. The molecule has 2 rings (SSSR count). The van der Waals surface area contributed by atoms with Crippen molar-refractivity contribution in [1.82, 2.24) is 4.98 Å². The summed E-state index contributed by atoms with van der Waals surface area (Å²) in [6.45, 7) is 2.83. The normalized spacial score (nSPS) is 20.0. The summed E-state index contributed by atoms with van der Waals surface area (Å²) in [7, 11) is 0. The lowest BCUT2D eigenvalue weighted by atomic mass is 9.91. The third-order valence-electron chi connectivity index (χ3n) is 2.51. The minimum absolute atomic E-state index is 0.613. The lowest BCUT2D eigenvalue weighted by Crippen LogP contribution is -2.10. The third-order valence-corrected chi connectivity index (χ3v) is 2.51. The fraction of sp³-hybridized carbons (Fsp3) is 0.364. The summed E-state index contributed by atoms with van der Waals surface area (Å²) in [5, 5.41) is 0. The Morgan fingerprint density at radius 3 is 3.23 bits per heavy atom. The summed E-state index contributed by atoms with van der Waals surface area (Å²) in [4.78, 5) is 4.32. The van der Waals surface area contributed by atoms with Crippen LogP contribution in [0.5, 0.6) is 0 Å². The van der Waals surface area contributed by atoms with E-state index in [1.165, 1.54) is 11.1 Å². The summed E-state index contributed by atoms with van der Waals surface area (Å²) in [6.07, 6.45) is 7.21. The largest absolute Gasteiger partial charge is 0.326 e. The lowest BCUT2D eigenvalue weighted by Gasteiger charge is -2.17. The van der Waals surface area contributed by atoms with Crippen LogP contribution in [0.15, 0.2) is 18.3 Å². The van der Waals surface area contributed by atoms with Gasteiger partial charge in [-0.25, -0.2) is 0 Å². The molecule has 1 aliphatic carbocycles. The number of fused-ring (bicyclic) bond motifs is 1. The highest BCUT2D eigenvalue weighted by Crippen LogP contribution is 2.23. The van der Waals surface area contributed by atoms with Gasteiger partial charge in [-0.2, -0.15) is 0 Å². The Morgan fingerprint density at radius 2 is 2.46 bits per heavy atom. The minimum atomic E-state index is 0.613. The molecule has 1 aromatic heterocycles. The smallest absolute Gasteiger partial charge is 0.0661 e. The van der Waals surface area contributed by atoms with E-state index in [1.807, 2.05) is 12.3 Å². The van der Waals surface area contributed by atoms with Crippen molar-refractivity contribution in [3.63, 3.8) is 0 Å². The van der Waals surface area contributed by atoms with Crippen LogP contribution in [0, 0.1) is 5.92 Å². The first-order valence-electron chi connectivity index (χ1n) is 4.66. The Hall–Kier alpha value is -1.15. The standard InChI is InChI=1S/C11H14N2/c1-8-2-3-11-10(6-8)9(7-12)4-5-13-11/h2-5,8H,6-7,12H2,1H3. The van der Waals surface area contributed by atoms with E-state index in [0.29, 0.717) is 12.5 Å². The van der Waals surface area contributed by atoms with Gasteiger partial charge in [0.15, 0.2) is 0 Å². The second kappa shape index (κ2) is 3.30. The first-order valence-corrected chi connectivity index (χ1v) is 4.66. The molecule has 2 N–H and O–H groups in total. The average molecular weight is 174 g/mol. The zero-order valence-corrected chi connectivity index (χ0v) is 7.83. The fourth-order valence-electron chi connectivity index (χ4n) is 1.77. The molecule has 0 fully saturated rings. The van der Waals surface area contributed by atoms with Gasteiger partial charge in [0.1, 0.15) is 0 Å². The lowest BCUT2D eigenvalue weighted by molar-refractivity contribution is 0.704. The Morgan fingerprint density at radius 1 is 1.62 bits per heavy atom. The Kier molecular flexibility index (Phi) is 2.15. The predicted octanol–water partition coefficient (Wildman–Crippen LogP) is 1.75. The Balaban J connectivity index is 2.49. The molecule has 13 heavy (non-hydrogen) atoms. The van der Waals surface area contributed by atoms with Crippen LogP contribution in [0.2, 0.25) is 0 Å². The van der Waals surface area contributed by atoms with E-state index in [4.69, 9.17) is 5.73 Å². The van der Waals surface area contributed by atoms with Crippen LogP contribution in [0.1, 0.15) is 23.7 Å². The van der Waals surface area contributed by atoms with Crippen LogP contribution >= 0.6 is 0 Å². The molecule has 0 saturated heterocycles. The van der Waals surface area contributed by atoms with Crippen molar-refractivity contribution in [2.24, 2.45) is 11.7 Å². The predicted molar refractivity (Wildman–Crippen MR) is 54.0 cm³/mol. The molecule has 2 heteroatoms. The van der Waals surface area contributed by atoms with Gasteiger partial charge in [0.05, 0.1) is 5.69 Å². The van der Waals surface area contributed by atoms with E-state index in [1.54, 1.807) is 0 Å². The minimum Gasteiger partial charge on any atom is -0.326 e. The highest BCUT2D eigenvalue weighted by Gasteiger charge is 2.13. The molecular formula is C11H14N2. The number of hydrogen-bond donors (Lipinski definition) is 1. The molecule has 68 valence electrons. The second-order valence-electron chi connectivity index (χ2n) is 3.58. The number of pyridine rings is 1. The van der Waals surface area contributed by atoms with Crippen LogP contribution in [-0.2, 0) is 13.0 Å². The van der Waals surface area contributed by atoms with Crippen molar-refractivity contribution in [2.45, 2.75) is 19.9 Å². The van der Waals surface area contributed by atoms with Crippen LogP contribution in [0.3, 0.4) is 0 Å². The van der Waals surface area contributed by atoms with Gasteiger partial charge in [0.2, 0.25) is 0 Å². The van der Waals surface area contributed by atoms with E-state index in [0.717, 1.165) is 12.1 Å². The van der Waals surface area contributed by atoms with E-state index in [-0.39, 0.29) is 0 Å². The molecule has 0 aliphatic heterocycles. The molecule has 1 unspecified atom stereocenters. The summed E-state index contributed by atoms with van der Waals surface area (Å²) in [6, 6.07) is 2.02. The van der Waals surface area contributed by atoms with E-state index in [2.05, 4.69) is 24.1 Å². The molecule has 0 spiro atoms. The van der Waals surface area contributed by atoms with Gasteiger partial charge in [-0.15, -0.1) is 0 Å². The van der Waals surface area contributed by atoms with Gasteiger partial charge < -0.3 is 5.73 Å². The van der Waals surface area contributed by atoms with E-state index < -0.39 is 0 Å². The van der Waals surface area contributed by atoms with Gasteiger partial charge in [-0.3, -0.25) is 4.98 Å². The summed E-state index contributed by atoms with van der Waals surface area (Å²) in [5.74, 6) is 0.613. The average Bonchev–Trinajstić information content (AvgIpc) is 2.17. The van der Waals surface area contributed by atoms with Crippen molar-refractivity contribution < 1.29 is 0 Å². The van der Waals surface area contributed by atoms with Crippen molar-refractivity contribution in [3.05, 3.63) is 35.2 Å². The quantitative estimate of drug-likeness (QED) is 0.704. The summed E-state index contributed by atoms with van der Waals surface area (Å²) < 4.78 is 0. The first kappa shape index (κ1) is 8.45. The summed E-state index contributed by atoms with van der Waals surface area (Å²) in [5.41, 5.74) is 9.34. The second-order valence-corrected chi connectivity index (χ2v) is 3.58. The third kappa shape index (κ3) is 1.49. The maximum absolute atomic E-state index is 5.67. The zero-order valence-electron chi connectivity index (χ0n) is 7.83. The fourth-order valence-corrected chi connectivity index (χ4v) is 1.77. The molecule has 1 atom stereocenters. The van der Waals surface area contributed by atoms with Gasteiger partial charge in [0, 0.05) is 12.7 Å². The number of aromatic nitrogens is 1. The topological polar surface area (TPSA) is 38.9 Å². The SMILES string of the molecule is CC1C=Cc2nccc(CN)c2C1. The number of rotatable bonds is 1.